The number of benzene rings is 2. The Hall–Kier alpha value is -2.29. The van der Waals surface area contributed by atoms with Gasteiger partial charge in [0.15, 0.2) is 0 Å². The van der Waals surface area contributed by atoms with Gasteiger partial charge in [0.25, 0.3) is 0 Å². The average molecular weight is 404 g/mol. The number of hydrogen-bond donors (Lipinski definition) is 2. The molecule has 0 bridgehead atoms. The number of aryl methyl sites for hydroxylation is 1. The molecule has 1 aromatic heterocycles. The molecular formula is C19H21N3O3S2. The van der Waals surface area contributed by atoms with Gasteiger partial charge in [-0.05, 0) is 49.6 Å². The Morgan fingerprint density at radius 2 is 1.89 bits per heavy atom. The zero-order valence-electron chi connectivity index (χ0n) is 14.9. The fourth-order valence-electron chi connectivity index (χ4n) is 2.77. The number of fused-ring (bicyclic) bond motifs is 1. The van der Waals surface area contributed by atoms with E-state index in [4.69, 9.17) is 5.14 Å². The van der Waals surface area contributed by atoms with Gasteiger partial charge in [0.2, 0.25) is 15.9 Å². The first-order valence-corrected chi connectivity index (χ1v) is 11.0. The standard InChI is InChI=1S/C19H21N3O3S2/c1-13(14-9-11-15(12-10-14)27(20,24)25)21-18(23)7-4-8-19-22-16-5-2-3-6-17(16)26-19/h2-3,5-6,9-13H,4,7-8H2,1H3,(H,21,23)(H2,20,24,25). The molecule has 3 aromatic rings. The highest BCUT2D eigenvalue weighted by Crippen LogP contribution is 2.23. The van der Waals surface area contributed by atoms with Crippen molar-refractivity contribution in [2.75, 3.05) is 0 Å². The van der Waals surface area contributed by atoms with Crippen molar-refractivity contribution >= 4 is 37.5 Å². The van der Waals surface area contributed by atoms with Crippen molar-refractivity contribution in [2.24, 2.45) is 5.14 Å². The van der Waals surface area contributed by atoms with Crippen LogP contribution in [0.4, 0.5) is 0 Å². The van der Waals surface area contributed by atoms with Gasteiger partial charge < -0.3 is 5.32 Å². The quantitative estimate of drug-likeness (QED) is 0.632. The lowest BCUT2D eigenvalue weighted by molar-refractivity contribution is -0.121. The molecule has 1 heterocycles. The van der Waals surface area contributed by atoms with Crippen LogP contribution in [0.5, 0.6) is 0 Å². The summed E-state index contributed by atoms with van der Waals surface area (Å²) in [4.78, 5) is 16.8. The van der Waals surface area contributed by atoms with Crippen LogP contribution >= 0.6 is 11.3 Å². The van der Waals surface area contributed by atoms with Gasteiger partial charge in [-0.15, -0.1) is 11.3 Å². The molecule has 142 valence electrons. The van der Waals surface area contributed by atoms with Crippen molar-refractivity contribution in [3.8, 4) is 0 Å². The second-order valence-corrected chi connectivity index (χ2v) is 9.01. The molecule has 3 rings (SSSR count). The Balaban J connectivity index is 1.49. The Labute approximate surface area is 162 Å². The molecule has 6 nitrogen and oxygen atoms in total. The molecule has 1 unspecified atom stereocenters. The summed E-state index contributed by atoms with van der Waals surface area (Å²) >= 11 is 1.66. The lowest BCUT2D eigenvalue weighted by atomic mass is 10.1. The number of carbonyl (C=O) groups excluding carboxylic acids is 1. The molecule has 1 amide bonds. The van der Waals surface area contributed by atoms with Crippen LogP contribution in [0.1, 0.15) is 36.4 Å². The molecule has 0 radical (unpaired) electrons. The molecule has 0 spiro atoms. The molecular weight excluding hydrogens is 382 g/mol. The number of para-hydroxylation sites is 1. The number of thiazole rings is 1. The molecule has 8 heteroatoms. The van der Waals surface area contributed by atoms with Gasteiger partial charge in [0.1, 0.15) is 0 Å². The van der Waals surface area contributed by atoms with E-state index in [2.05, 4.69) is 10.3 Å². The summed E-state index contributed by atoms with van der Waals surface area (Å²) in [5, 5.41) is 9.06. The topological polar surface area (TPSA) is 102 Å². The number of amides is 1. The van der Waals surface area contributed by atoms with E-state index in [1.807, 2.05) is 31.2 Å². The van der Waals surface area contributed by atoms with Crippen molar-refractivity contribution in [3.63, 3.8) is 0 Å². The molecule has 0 saturated carbocycles. The summed E-state index contributed by atoms with van der Waals surface area (Å²) < 4.78 is 23.7. The van der Waals surface area contributed by atoms with Gasteiger partial charge in [0, 0.05) is 6.42 Å². The largest absolute Gasteiger partial charge is 0.350 e. The average Bonchev–Trinajstić information content (AvgIpc) is 3.03. The third kappa shape index (κ3) is 5.12. The summed E-state index contributed by atoms with van der Waals surface area (Å²) in [6.45, 7) is 1.86. The molecule has 2 aromatic carbocycles. The van der Waals surface area contributed by atoms with Crippen LogP contribution in [0, 0.1) is 0 Å². The van der Waals surface area contributed by atoms with E-state index >= 15 is 0 Å². The van der Waals surface area contributed by atoms with Crippen molar-refractivity contribution in [1.82, 2.24) is 10.3 Å². The van der Waals surface area contributed by atoms with E-state index in [1.54, 1.807) is 23.5 Å². The maximum atomic E-state index is 12.2. The predicted octanol–water partition coefficient (Wildman–Crippen LogP) is 3.14. The summed E-state index contributed by atoms with van der Waals surface area (Å²) in [5.41, 5.74) is 1.82. The van der Waals surface area contributed by atoms with E-state index in [9.17, 15) is 13.2 Å². The van der Waals surface area contributed by atoms with Crippen LogP contribution in [-0.2, 0) is 21.2 Å². The SMILES string of the molecule is CC(NC(=O)CCCc1nc2ccccc2s1)c1ccc(S(N)(=O)=O)cc1. The summed E-state index contributed by atoms with van der Waals surface area (Å²) in [6.07, 6.45) is 1.91. The lowest BCUT2D eigenvalue weighted by Gasteiger charge is -2.14. The number of rotatable bonds is 7. The molecule has 1 atom stereocenters. The molecule has 3 N–H and O–H groups in total. The fourth-order valence-corrected chi connectivity index (χ4v) is 4.29. The van der Waals surface area contributed by atoms with Gasteiger partial charge in [-0.2, -0.15) is 0 Å². The molecule has 0 aliphatic heterocycles. The predicted molar refractivity (Wildman–Crippen MR) is 107 cm³/mol. The highest BCUT2D eigenvalue weighted by molar-refractivity contribution is 7.89. The maximum Gasteiger partial charge on any atom is 0.238 e. The zero-order chi connectivity index (χ0) is 19.4. The van der Waals surface area contributed by atoms with Gasteiger partial charge in [-0.1, -0.05) is 24.3 Å². The fraction of sp³-hybridized carbons (Fsp3) is 0.263. The highest BCUT2D eigenvalue weighted by atomic mass is 32.2. The molecule has 0 saturated heterocycles. The van der Waals surface area contributed by atoms with E-state index in [0.29, 0.717) is 6.42 Å². The third-order valence-corrected chi connectivity index (χ3v) is 6.24. The summed E-state index contributed by atoms with van der Waals surface area (Å²) in [5.74, 6) is -0.0425. The summed E-state index contributed by atoms with van der Waals surface area (Å²) in [7, 11) is -3.71. The molecule has 0 aliphatic carbocycles. The number of nitrogens with two attached hydrogens (primary N) is 1. The molecule has 27 heavy (non-hydrogen) atoms. The van der Waals surface area contributed by atoms with E-state index < -0.39 is 10.0 Å². The number of sulfonamides is 1. The van der Waals surface area contributed by atoms with Crippen molar-refractivity contribution in [3.05, 3.63) is 59.1 Å². The minimum atomic E-state index is -3.71. The van der Waals surface area contributed by atoms with Crippen LogP contribution in [0.15, 0.2) is 53.4 Å². The second kappa shape index (κ2) is 8.16. The van der Waals surface area contributed by atoms with Crippen LogP contribution in [0.2, 0.25) is 0 Å². The molecule has 0 aliphatic rings. The maximum absolute atomic E-state index is 12.2. The first-order valence-electron chi connectivity index (χ1n) is 8.59. The monoisotopic (exact) mass is 403 g/mol. The Morgan fingerprint density at radius 1 is 1.19 bits per heavy atom. The van der Waals surface area contributed by atoms with Crippen molar-refractivity contribution in [2.45, 2.75) is 37.1 Å². The number of primary sulfonamides is 1. The first-order chi connectivity index (χ1) is 12.8. The van der Waals surface area contributed by atoms with Crippen molar-refractivity contribution < 1.29 is 13.2 Å². The highest BCUT2D eigenvalue weighted by Gasteiger charge is 2.12. The minimum Gasteiger partial charge on any atom is -0.350 e. The van der Waals surface area contributed by atoms with Crippen LogP contribution < -0.4 is 10.5 Å². The molecule has 0 fully saturated rings. The van der Waals surface area contributed by atoms with E-state index in [0.717, 1.165) is 33.6 Å². The first kappa shape index (κ1) is 19.5. The Morgan fingerprint density at radius 3 is 2.56 bits per heavy atom. The number of carbonyl (C=O) groups is 1. The van der Waals surface area contributed by atoms with Gasteiger partial charge >= 0.3 is 0 Å². The number of hydrogen-bond acceptors (Lipinski definition) is 5. The van der Waals surface area contributed by atoms with Gasteiger partial charge in [0.05, 0.1) is 26.2 Å². The van der Waals surface area contributed by atoms with Crippen LogP contribution in [0.3, 0.4) is 0 Å². The van der Waals surface area contributed by atoms with E-state index in [-0.39, 0.29) is 16.8 Å². The van der Waals surface area contributed by atoms with Crippen molar-refractivity contribution in [1.29, 1.82) is 0 Å². The van der Waals surface area contributed by atoms with E-state index in [1.165, 1.54) is 12.1 Å². The van der Waals surface area contributed by atoms with Gasteiger partial charge in [-0.3, -0.25) is 4.79 Å². The number of aromatic nitrogens is 1. The van der Waals surface area contributed by atoms with Gasteiger partial charge in [-0.25, -0.2) is 18.5 Å². The smallest absolute Gasteiger partial charge is 0.238 e. The number of nitrogens with zero attached hydrogens (tertiary/aromatic N) is 1. The zero-order valence-corrected chi connectivity index (χ0v) is 16.5. The lowest BCUT2D eigenvalue weighted by Crippen LogP contribution is -2.26. The number of nitrogens with one attached hydrogen (secondary N) is 1. The third-order valence-electron chi connectivity index (χ3n) is 4.22. The second-order valence-electron chi connectivity index (χ2n) is 6.33. The Kier molecular flexibility index (Phi) is 5.88. The van der Waals surface area contributed by atoms with Crippen LogP contribution in [-0.4, -0.2) is 19.3 Å². The normalized spacial score (nSPS) is 12.8. The summed E-state index contributed by atoms with van der Waals surface area (Å²) in [6, 6.07) is 14.0. The Bertz CT molecular complexity index is 1010. The minimum absolute atomic E-state index is 0.0425. The van der Waals surface area contributed by atoms with Crippen LogP contribution in [0.25, 0.3) is 10.2 Å².